The summed E-state index contributed by atoms with van der Waals surface area (Å²) < 4.78 is 11.8. The molecule has 8 nitrogen and oxygen atoms in total. The molecule has 1 aromatic heterocycles. The standard InChI is InChI=1S/C20H24N4O4S2/c1-3-17(25)24(14-5-6-14)19-21-22-20(30-19)29-12-18(26)23(2)11-13-4-7-15-16(10-13)28-9-8-27-15/h4,7,10,14H,3,5-6,8-9,11-12H2,1-2H3. The molecule has 2 aliphatic rings. The van der Waals surface area contributed by atoms with Crippen molar-refractivity contribution in [2.75, 3.05) is 30.9 Å². The lowest BCUT2D eigenvalue weighted by Crippen LogP contribution is -2.32. The number of carbonyl (C=O) groups excluding carboxylic acids is 2. The van der Waals surface area contributed by atoms with Gasteiger partial charge in [-0.25, -0.2) is 0 Å². The van der Waals surface area contributed by atoms with E-state index in [0.29, 0.717) is 35.7 Å². The third-order valence-corrected chi connectivity index (χ3v) is 6.90. The molecule has 1 fully saturated rings. The summed E-state index contributed by atoms with van der Waals surface area (Å²) in [4.78, 5) is 28.2. The summed E-state index contributed by atoms with van der Waals surface area (Å²) in [7, 11) is 1.78. The van der Waals surface area contributed by atoms with Crippen LogP contribution in [0.15, 0.2) is 22.5 Å². The highest BCUT2D eigenvalue weighted by Gasteiger charge is 2.35. The van der Waals surface area contributed by atoms with E-state index in [4.69, 9.17) is 9.47 Å². The van der Waals surface area contributed by atoms with Gasteiger partial charge in [0.25, 0.3) is 0 Å². The molecule has 10 heteroatoms. The van der Waals surface area contributed by atoms with Gasteiger partial charge in [-0.15, -0.1) is 10.2 Å². The Bertz CT molecular complexity index is 931. The Kier molecular flexibility index (Phi) is 6.43. The number of anilines is 1. The molecule has 1 aliphatic carbocycles. The molecule has 0 spiro atoms. The van der Waals surface area contributed by atoms with Crippen molar-refractivity contribution in [2.45, 2.75) is 43.1 Å². The topological polar surface area (TPSA) is 84.9 Å². The number of aromatic nitrogens is 2. The van der Waals surface area contributed by atoms with Gasteiger partial charge >= 0.3 is 0 Å². The monoisotopic (exact) mass is 448 g/mol. The van der Waals surface area contributed by atoms with Crippen LogP contribution in [0, 0.1) is 0 Å². The molecule has 1 aliphatic heterocycles. The molecule has 0 bridgehead atoms. The summed E-state index contributed by atoms with van der Waals surface area (Å²) in [6, 6.07) is 5.99. The highest BCUT2D eigenvalue weighted by molar-refractivity contribution is 8.01. The Morgan fingerprint density at radius 1 is 1.17 bits per heavy atom. The van der Waals surface area contributed by atoms with Crippen LogP contribution in [0.1, 0.15) is 31.7 Å². The van der Waals surface area contributed by atoms with Crippen LogP contribution in [0.2, 0.25) is 0 Å². The van der Waals surface area contributed by atoms with E-state index < -0.39 is 0 Å². The lowest BCUT2D eigenvalue weighted by Gasteiger charge is -2.21. The Labute approximate surface area is 183 Å². The second kappa shape index (κ2) is 9.22. The van der Waals surface area contributed by atoms with Crippen LogP contribution in [-0.2, 0) is 16.1 Å². The van der Waals surface area contributed by atoms with Crippen molar-refractivity contribution in [2.24, 2.45) is 0 Å². The van der Waals surface area contributed by atoms with E-state index in [0.717, 1.165) is 29.9 Å². The van der Waals surface area contributed by atoms with Gasteiger partial charge in [0.1, 0.15) is 13.2 Å². The lowest BCUT2D eigenvalue weighted by atomic mass is 10.2. The van der Waals surface area contributed by atoms with Crippen molar-refractivity contribution < 1.29 is 19.1 Å². The second-order valence-corrected chi connectivity index (χ2v) is 9.39. The van der Waals surface area contributed by atoms with Crippen LogP contribution >= 0.6 is 23.1 Å². The smallest absolute Gasteiger partial charge is 0.233 e. The molecular formula is C20H24N4O4S2. The maximum atomic E-state index is 12.6. The van der Waals surface area contributed by atoms with Gasteiger partial charge in [0.05, 0.1) is 5.75 Å². The summed E-state index contributed by atoms with van der Waals surface area (Å²) in [5, 5.41) is 8.97. The summed E-state index contributed by atoms with van der Waals surface area (Å²) in [5.41, 5.74) is 0.983. The fourth-order valence-corrected chi connectivity index (χ4v) is 4.98. The maximum absolute atomic E-state index is 12.6. The molecule has 2 amide bonds. The Morgan fingerprint density at radius 3 is 2.67 bits per heavy atom. The van der Waals surface area contributed by atoms with E-state index in [1.54, 1.807) is 16.8 Å². The molecule has 0 unspecified atom stereocenters. The van der Waals surface area contributed by atoms with Gasteiger partial charge in [-0.1, -0.05) is 36.1 Å². The van der Waals surface area contributed by atoms with E-state index in [-0.39, 0.29) is 23.6 Å². The number of amides is 2. The van der Waals surface area contributed by atoms with Crippen molar-refractivity contribution in [3.63, 3.8) is 0 Å². The minimum atomic E-state index is -0.00433. The second-order valence-electron chi connectivity index (χ2n) is 7.22. The van der Waals surface area contributed by atoms with Crippen LogP contribution in [0.3, 0.4) is 0 Å². The molecule has 30 heavy (non-hydrogen) atoms. The van der Waals surface area contributed by atoms with Gasteiger partial charge in [0, 0.05) is 26.1 Å². The van der Waals surface area contributed by atoms with Crippen LogP contribution in [-0.4, -0.2) is 59.0 Å². The average Bonchev–Trinajstić information content (AvgIpc) is 3.49. The Hall–Kier alpha value is -2.33. The number of carbonyl (C=O) groups is 2. The van der Waals surface area contributed by atoms with Gasteiger partial charge in [-0.2, -0.15) is 0 Å². The van der Waals surface area contributed by atoms with E-state index in [9.17, 15) is 9.59 Å². The molecule has 160 valence electrons. The number of nitrogens with zero attached hydrogens (tertiary/aromatic N) is 4. The van der Waals surface area contributed by atoms with Crippen LogP contribution in [0.25, 0.3) is 0 Å². The first-order valence-electron chi connectivity index (χ1n) is 9.96. The average molecular weight is 449 g/mol. The number of ether oxygens (including phenoxy) is 2. The third-order valence-electron chi connectivity index (χ3n) is 4.86. The summed E-state index contributed by atoms with van der Waals surface area (Å²) >= 11 is 2.72. The number of benzene rings is 1. The molecule has 1 aromatic carbocycles. The highest BCUT2D eigenvalue weighted by atomic mass is 32.2. The minimum Gasteiger partial charge on any atom is -0.486 e. The van der Waals surface area contributed by atoms with Crippen molar-refractivity contribution in [3.05, 3.63) is 23.8 Å². The minimum absolute atomic E-state index is 0.00433. The zero-order chi connectivity index (χ0) is 21.1. The van der Waals surface area contributed by atoms with Crippen LogP contribution < -0.4 is 14.4 Å². The summed E-state index contributed by atoms with van der Waals surface area (Å²) in [6.45, 7) is 3.43. The predicted molar refractivity (Wildman–Crippen MR) is 115 cm³/mol. The van der Waals surface area contributed by atoms with E-state index >= 15 is 0 Å². The van der Waals surface area contributed by atoms with Crippen molar-refractivity contribution >= 4 is 40.0 Å². The van der Waals surface area contributed by atoms with Gasteiger partial charge in [0.15, 0.2) is 15.8 Å². The van der Waals surface area contributed by atoms with Gasteiger partial charge in [0.2, 0.25) is 16.9 Å². The van der Waals surface area contributed by atoms with E-state index in [2.05, 4.69) is 10.2 Å². The number of hydrogen-bond donors (Lipinski definition) is 0. The predicted octanol–water partition coefficient (Wildman–Crippen LogP) is 2.97. The van der Waals surface area contributed by atoms with Crippen molar-refractivity contribution in [3.8, 4) is 11.5 Å². The zero-order valence-corrected chi connectivity index (χ0v) is 18.6. The van der Waals surface area contributed by atoms with E-state index in [1.165, 1.54) is 23.1 Å². The molecule has 2 heterocycles. The number of thioether (sulfide) groups is 1. The van der Waals surface area contributed by atoms with Crippen LogP contribution in [0.5, 0.6) is 11.5 Å². The fourth-order valence-electron chi connectivity index (χ4n) is 3.11. The lowest BCUT2D eigenvalue weighted by molar-refractivity contribution is -0.127. The first-order chi connectivity index (χ1) is 14.5. The first-order valence-corrected chi connectivity index (χ1v) is 11.8. The van der Waals surface area contributed by atoms with Gasteiger partial charge < -0.3 is 14.4 Å². The van der Waals surface area contributed by atoms with E-state index in [1.807, 2.05) is 25.1 Å². The molecular weight excluding hydrogens is 424 g/mol. The molecule has 0 radical (unpaired) electrons. The largest absolute Gasteiger partial charge is 0.486 e. The molecule has 0 saturated heterocycles. The van der Waals surface area contributed by atoms with Gasteiger partial charge in [-0.3, -0.25) is 14.5 Å². The SMILES string of the molecule is CCC(=O)N(c1nnc(SCC(=O)N(C)Cc2ccc3c(c2)OCCO3)s1)C1CC1. The fraction of sp³-hybridized carbons (Fsp3) is 0.500. The van der Waals surface area contributed by atoms with Gasteiger partial charge in [-0.05, 0) is 30.5 Å². The zero-order valence-electron chi connectivity index (χ0n) is 17.0. The normalized spacial score (nSPS) is 15.0. The summed E-state index contributed by atoms with van der Waals surface area (Å²) in [6.07, 6.45) is 2.47. The first kappa shape index (κ1) is 20.9. The summed E-state index contributed by atoms with van der Waals surface area (Å²) in [5.74, 6) is 1.79. The van der Waals surface area contributed by atoms with Crippen molar-refractivity contribution in [1.29, 1.82) is 0 Å². The van der Waals surface area contributed by atoms with Crippen molar-refractivity contribution in [1.82, 2.24) is 15.1 Å². The highest BCUT2D eigenvalue weighted by Crippen LogP contribution is 2.36. The van der Waals surface area contributed by atoms with Crippen LogP contribution in [0.4, 0.5) is 5.13 Å². The molecule has 4 rings (SSSR count). The maximum Gasteiger partial charge on any atom is 0.233 e. The number of hydrogen-bond acceptors (Lipinski definition) is 8. The Balaban J connectivity index is 1.31. The Morgan fingerprint density at radius 2 is 1.93 bits per heavy atom. The molecule has 2 aromatic rings. The third kappa shape index (κ3) is 4.86. The quantitative estimate of drug-likeness (QED) is 0.453. The molecule has 0 N–H and O–H groups in total. The number of rotatable bonds is 8. The molecule has 1 saturated carbocycles. The molecule has 0 atom stereocenters. The number of fused-ring (bicyclic) bond motifs is 1.